The summed E-state index contributed by atoms with van der Waals surface area (Å²) in [5, 5.41) is 12.3. The molecule has 0 atom stereocenters. The van der Waals surface area contributed by atoms with Gasteiger partial charge in [0.2, 0.25) is 0 Å². The largest absolute Gasteiger partial charge is 0.465 e. The van der Waals surface area contributed by atoms with Gasteiger partial charge in [-0.2, -0.15) is 5.26 Å². The summed E-state index contributed by atoms with van der Waals surface area (Å²) in [4.78, 5) is 24.3. The van der Waals surface area contributed by atoms with Crippen molar-refractivity contribution < 1.29 is 14.3 Å². The van der Waals surface area contributed by atoms with Crippen LogP contribution in [0.15, 0.2) is 60.2 Å². The lowest BCUT2D eigenvalue weighted by Gasteiger charge is -2.14. The number of carbonyl (C=O) groups is 2. The van der Waals surface area contributed by atoms with Crippen molar-refractivity contribution in [3.05, 3.63) is 88.2 Å². The summed E-state index contributed by atoms with van der Waals surface area (Å²) in [6.07, 6.45) is 1.59. The highest BCUT2D eigenvalue weighted by Crippen LogP contribution is 2.26. The van der Waals surface area contributed by atoms with Crippen LogP contribution in [0.25, 0.3) is 11.8 Å². The number of hydrogen-bond donors (Lipinski definition) is 1. The summed E-state index contributed by atoms with van der Waals surface area (Å²) in [5.41, 5.74) is 5.54. The Morgan fingerprint density at radius 1 is 1.06 bits per heavy atom. The van der Waals surface area contributed by atoms with Crippen molar-refractivity contribution in [1.29, 1.82) is 5.26 Å². The number of anilines is 1. The molecule has 156 valence electrons. The van der Waals surface area contributed by atoms with Crippen LogP contribution in [-0.4, -0.2) is 23.6 Å². The first-order valence-corrected chi connectivity index (χ1v) is 9.72. The lowest BCUT2D eigenvalue weighted by atomic mass is 10.1. The summed E-state index contributed by atoms with van der Waals surface area (Å²) in [6.45, 7) is 5.80. The fourth-order valence-corrected chi connectivity index (χ4v) is 3.48. The van der Waals surface area contributed by atoms with Gasteiger partial charge in [-0.3, -0.25) is 4.79 Å². The Kier molecular flexibility index (Phi) is 6.37. The maximum absolute atomic E-state index is 12.6. The summed E-state index contributed by atoms with van der Waals surface area (Å²) in [5.74, 6) is -0.848. The number of para-hydroxylation sites is 1. The molecule has 1 aromatic heterocycles. The van der Waals surface area contributed by atoms with Gasteiger partial charge in [-0.15, -0.1) is 0 Å². The van der Waals surface area contributed by atoms with Crippen LogP contribution in [0.2, 0.25) is 0 Å². The molecule has 6 heteroatoms. The number of hydrogen-bond acceptors (Lipinski definition) is 4. The molecule has 0 aliphatic rings. The molecule has 3 aromatic rings. The molecular formula is C25H23N3O3. The van der Waals surface area contributed by atoms with E-state index < -0.39 is 5.91 Å². The third-order valence-electron chi connectivity index (χ3n) is 5.03. The van der Waals surface area contributed by atoms with E-state index in [1.54, 1.807) is 30.3 Å². The predicted molar refractivity (Wildman–Crippen MR) is 120 cm³/mol. The van der Waals surface area contributed by atoms with E-state index >= 15 is 0 Å². The van der Waals surface area contributed by atoms with Crippen LogP contribution < -0.4 is 5.32 Å². The lowest BCUT2D eigenvalue weighted by molar-refractivity contribution is -0.112. The Labute approximate surface area is 181 Å². The monoisotopic (exact) mass is 413 g/mol. The number of methoxy groups -OCH3 is 1. The molecular weight excluding hydrogens is 390 g/mol. The van der Waals surface area contributed by atoms with Crippen LogP contribution in [0.5, 0.6) is 0 Å². The fourth-order valence-electron chi connectivity index (χ4n) is 3.48. The van der Waals surface area contributed by atoms with Crippen molar-refractivity contribution in [2.45, 2.75) is 20.8 Å². The zero-order valence-electron chi connectivity index (χ0n) is 17.9. The number of rotatable bonds is 5. The summed E-state index contributed by atoms with van der Waals surface area (Å²) < 4.78 is 6.82. The Bertz CT molecular complexity index is 1210. The minimum absolute atomic E-state index is 0.0156. The van der Waals surface area contributed by atoms with Crippen LogP contribution >= 0.6 is 0 Å². The summed E-state index contributed by atoms with van der Waals surface area (Å²) >= 11 is 0. The number of carbonyl (C=O) groups excluding carboxylic acids is 2. The molecule has 0 saturated heterocycles. The number of esters is 1. The predicted octanol–water partition coefficient (Wildman–Crippen LogP) is 4.73. The second kappa shape index (κ2) is 9.14. The number of nitrogens with zero attached hydrogens (tertiary/aromatic N) is 2. The molecule has 1 heterocycles. The first-order chi connectivity index (χ1) is 14.8. The van der Waals surface area contributed by atoms with Crippen molar-refractivity contribution in [2.75, 3.05) is 12.4 Å². The molecule has 1 amide bonds. The minimum atomic E-state index is -0.461. The molecule has 0 aliphatic heterocycles. The average molecular weight is 413 g/mol. The molecule has 2 aromatic carbocycles. The fraction of sp³-hybridized carbons (Fsp3) is 0.160. The van der Waals surface area contributed by atoms with E-state index in [2.05, 4.69) is 5.32 Å². The van der Waals surface area contributed by atoms with Crippen LogP contribution in [0.3, 0.4) is 0 Å². The van der Waals surface area contributed by atoms with Gasteiger partial charge in [0.15, 0.2) is 0 Å². The van der Waals surface area contributed by atoms with Gasteiger partial charge >= 0.3 is 5.97 Å². The van der Waals surface area contributed by atoms with E-state index in [0.29, 0.717) is 11.3 Å². The molecule has 0 bridgehead atoms. The second-order valence-corrected chi connectivity index (χ2v) is 7.14. The van der Waals surface area contributed by atoms with E-state index in [4.69, 9.17) is 4.74 Å². The van der Waals surface area contributed by atoms with Gasteiger partial charge < -0.3 is 14.6 Å². The first kappa shape index (κ1) is 21.6. The van der Waals surface area contributed by atoms with E-state index in [0.717, 1.165) is 28.2 Å². The minimum Gasteiger partial charge on any atom is -0.465 e. The number of benzene rings is 2. The maximum Gasteiger partial charge on any atom is 0.337 e. The average Bonchev–Trinajstić information content (AvgIpc) is 3.04. The summed E-state index contributed by atoms with van der Waals surface area (Å²) in [7, 11) is 1.35. The third kappa shape index (κ3) is 4.57. The molecule has 0 spiro atoms. The number of nitrogens with one attached hydrogen (secondary N) is 1. The highest BCUT2D eigenvalue weighted by atomic mass is 16.5. The zero-order chi connectivity index (χ0) is 22.5. The Morgan fingerprint density at radius 2 is 1.77 bits per heavy atom. The second-order valence-electron chi connectivity index (χ2n) is 7.14. The van der Waals surface area contributed by atoms with E-state index in [1.807, 2.05) is 61.7 Å². The zero-order valence-corrected chi connectivity index (χ0v) is 17.9. The van der Waals surface area contributed by atoms with Crippen LogP contribution in [0.1, 0.15) is 32.9 Å². The molecule has 6 nitrogen and oxygen atoms in total. The van der Waals surface area contributed by atoms with Gasteiger partial charge in [0, 0.05) is 22.8 Å². The van der Waals surface area contributed by atoms with Gasteiger partial charge in [-0.05, 0) is 74.4 Å². The lowest BCUT2D eigenvalue weighted by Crippen LogP contribution is -2.13. The Hall–Kier alpha value is -4.11. The van der Waals surface area contributed by atoms with Crippen molar-refractivity contribution >= 4 is 23.6 Å². The quantitative estimate of drug-likeness (QED) is 0.372. The van der Waals surface area contributed by atoms with Gasteiger partial charge in [-0.1, -0.05) is 18.2 Å². The number of amides is 1. The van der Waals surface area contributed by atoms with Gasteiger partial charge in [0.1, 0.15) is 11.6 Å². The van der Waals surface area contributed by atoms with Gasteiger partial charge in [0.05, 0.1) is 12.7 Å². The smallest absolute Gasteiger partial charge is 0.337 e. The van der Waals surface area contributed by atoms with E-state index in [9.17, 15) is 14.9 Å². The number of nitriles is 1. The first-order valence-electron chi connectivity index (χ1n) is 9.72. The highest BCUT2D eigenvalue weighted by molar-refractivity contribution is 6.09. The topological polar surface area (TPSA) is 84.1 Å². The molecule has 0 radical (unpaired) electrons. The number of ether oxygens (including phenoxy) is 1. The van der Waals surface area contributed by atoms with Crippen LogP contribution in [0.4, 0.5) is 5.69 Å². The van der Waals surface area contributed by atoms with Crippen molar-refractivity contribution in [3.63, 3.8) is 0 Å². The Balaban J connectivity index is 1.96. The molecule has 0 aliphatic carbocycles. The molecule has 3 rings (SSSR count). The maximum atomic E-state index is 12.6. The molecule has 31 heavy (non-hydrogen) atoms. The highest BCUT2D eigenvalue weighted by Gasteiger charge is 2.16. The van der Waals surface area contributed by atoms with E-state index in [1.165, 1.54) is 7.11 Å². The van der Waals surface area contributed by atoms with Crippen LogP contribution in [0, 0.1) is 32.1 Å². The third-order valence-corrected chi connectivity index (χ3v) is 5.03. The van der Waals surface area contributed by atoms with Crippen LogP contribution in [-0.2, 0) is 9.53 Å². The molecule has 0 fully saturated rings. The van der Waals surface area contributed by atoms with E-state index in [-0.39, 0.29) is 11.5 Å². The molecule has 1 N–H and O–H groups in total. The summed E-state index contributed by atoms with van der Waals surface area (Å²) in [6, 6.07) is 18.3. The molecule has 0 saturated carbocycles. The normalized spacial score (nSPS) is 11.0. The van der Waals surface area contributed by atoms with Crippen molar-refractivity contribution in [1.82, 2.24) is 4.57 Å². The van der Waals surface area contributed by atoms with Gasteiger partial charge in [-0.25, -0.2) is 4.79 Å². The van der Waals surface area contributed by atoms with Gasteiger partial charge in [0.25, 0.3) is 5.91 Å². The standard InChI is InChI=1S/C25H23N3O3/c1-16-12-19(25(30)31-4)10-11-23(16)28-17(2)13-20(18(28)3)14-21(15-26)24(29)27-22-8-6-5-7-9-22/h5-14H,1-4H3,(H,27,29). The number of aryl methyl sites for hydroxylation is 2. The van der Waals surface area contributed by atoms with Crippen molar-refractivity contribution in [3.8, 4) is 11.8 Å². The Morgan fingerprint density at radius 3 is 2.39 bits per heavy atom. The SMILES string of the molecule is COC(=O)c1ccc(-n2c(C)cc(C=C(C#N)C(=O)Nc3ccccc3)c2C)c(C)c1. The number of aromatic nitrogens is 1. The van der Waals surface area contributed by atoms with Crippen molar-refractivity contribution in [2.24, 2.45) is 0 Å². The molecule has 0 unspecified atom stereocenters.